The Balaban J connectivity index is 2.44. The van der Waals surface area contributed by atoms with Crippen molar-refractivity contribution < 1.29 is 0 Å². The molecule has 0 N–H and O–H groups in total. The molecule has 2 heteroatoms. The zero-order valence-electron chi connectivity index (χ0n) is 7.57. The van der Waals surface area contributed by atoms with Gasteiger partial charge < -0.3 is 0 Å². The molecule has 0 bridgehead atoms. The molecule has 2 nitrogen and oxygen atoms in total. The van der Waals surface area contributed by atoms with E-state index >= 15 is 0 Å². The predicted octanol–water partition coefficient (Wildman–Crippen LogP) is 2.43. The van der Waals surface area contributed by atoms with Gasteiger partial charge in [-0.15, -0.1) is 0 Å². The van der Waals surface area contributed by atoms with Gasteiger partial charge in [-0.2, -0.15) is 0 Å². The highest BCUT2D eigenvalue weighted by Crippen LogP contribution is 2.24. The number of pyridine rings is 1. The molecule has 2 aromatic rings. The Labute approximate surface area is 81.6 Å². The van der Waals surface area contributed by atoms with Gasteiger partial charge in [-0.3, -0.25) is 4.98 Å². The second-order valence-corrected chi connectivity index (χ2v) is 3.32. The SMILES string of the molecule is C1=Cc2ccc3ccncc3c2CN=1. The summed E-state index contributed by atoms with van der Waals surface area (Å²) in [6, 6.07) is 6.25. The van der Waals surface area contributed by atoms with Crippen molar-refractivity contribution in [3.63, 3.8) is 0 Å². The smallest absolute Gasteiger partial charge is 0.0747 e. The van der Waals surface area contributed by atoms with Crippen molar-refractivity contribution in [2.75, 3.05) is 0 Å². The first kappa shape index (κ1) is 7.48. The first-order valence-electron chi connectivity index (χ1n) is 4.56. The van der Waals surface area contributed by atoms with Gasteiger partial charge in [0.25, 0.3) is 0 Å². The van der Waals surface area contributed by atoms with Crippen LogP contribution < -0.4 is 0 Å². The van der Waals surface area contributed by atoms with Crippen LogP contribution in [0.4, 0.5) is 0 Å². The Morgan fingerprint density at radius 2 is 2.21 bits per heavy atom. The van der Waals surface area contributed by atoms with Gasteiger partial charge in [-0.25, -0.2) is 4.99 Å². The number of hydrogen-bond donors (Lipinski definition) is 0. The van der Waals surface area contributed by atoms with Crippen LogP contribution in [0.2, 0.25) is 0 Å². The van der Waals surface area contributed by atoms with Gasteiger partial charge in [-0.1, -0.05) is 12.1 Å². The maximum atomic E-state index is 4.15. The van der Waals surface area contributed by atoms with Crippen LogP contribution in [-0.4, -0.2) is 10.9 Å². The fourth-order valence-corrected chi connectivity index (χ4v) is 1.79. The van der Waals surface area contributed by atoms with Crippen LogP contribution in [0.5, 0.6) is 0 Å². The lowest BCUT2D eigenvalue weighted by atomic mass is 10.00. The fraction of sp³-hybridized carbons (Fsp3) is 0.0833. The minimum absolute atomic E-state index is 0.717. The molecule has 14 heavy (non-hydrogen) atoms. The summed E-state index contributed by atoms with van der Waals surface area (Å²) >= 11 is 0. The van der Waals surface area contributed by atoms with Crippen molar-refractivity contribution in [2.24, 2.45) is 4.99 Å². The Morgan fingerprint density at radius 3 is 3.21 bits per heavy atom. The summed E-state index contributed by atoms with van der Waals surface area (Å²) < 4.78 is 0. The molecule has 0 atom stereocenters. The maximum absolute atomic E-state index is 4.15. The Bertz CT molecular complexity index is 564. The van der Waals surface area contributed by atoms with Crippen LogP contribution in [-0.2, 0) is 6.54 Å². The van der Waals surface area contributed by atoms with Crippen LogP contribution in [0, 0.1) is 0 Å². The summed E-state index contributed by atoms with van der Waals surface area (Å²) in [5.41, 5.74) is 2.47. The molecule has 0 radical (unpaired) electrons. The molecule has 2 heterocycles. The number of fused-ring (bicyclic) bond motifs is 3. The molecule has 0 saturated carbocycles. The average molecular weight is 180 g/mol. The summed E-state index contributed by atoms with van der Waals surface area (Å²) in [6.07, 6.45) is 5.64. The topological polar surface area (TPSA) is 25.2 Å². The molecule has 1 aliphatic heterocycles. The van der Waals surface area contributed by atoms with Gasteiger partial charge in [0.15, 0.2) is 0 Å². The molecule has 0 spiro atoms. The van der Waals surface area contributed by atoms with E-state index in [1.165, 1.54) is 21.9 Å². The molecular formula is C12H8N2. The van der Waals surface area contributed by atoms with E-state index in [-0.39, 0.29) is 0 Å². The van der Waals surface area contributed by atoms with Crippen LogP contribution in [0.25, 0.3) is 16.8 Å². The maximum Gasteiger partial charge on any atom is 0.0747 e. The lowest BCUT2D eigenvalue weighted by molar-refractivity contribution is 1.08. The Kier molecular flexibility index (Phi) is 1.49. The highest BCUT2D eigenvalue weighted by atomic mass is 14.7. The summed E-state index contributed by atoms with van der Waals surface area (Å²) in [4.78, 5) is 8.28. The van der Waals surface area contributed by atoms with Crippen molar-refractivity contribution >= 4 is 22.7 Å². The molecule has 66 valence electrons. The third-order valence-corrected chi connectivity index (χ3v) is 2.52. The number of aromatic nitrogens is 1. The number of benzene rings is 1. The fourth-order valence-electron chi connectivity index (χ4n) is 1.79. The minimum Gasteiger partial charge on any atom is -0.264 e. The van der Waals surface area contributed by atoms with E-state index in [1.807, 2.05) is 24.5 Å². The van der Waals surface area contributed by atoms with E-state index in [4.69, 9.17) is 0 Å². The molecule has 0 saturated heterocycles. The second kappa shape index (κ2) is 2.79. The molecular weight excluding hydrogens is 172 g/mol. The second-order valence-electron chi connectivity index (χ2n) is 3.32. The van der Waals surface area contributed by atoms with E-state index in [0.29, 0.717) is 0 Å². The van der Waals surface area contributed by atoms with Gasteiger partial charge in [-0.05, 0) is 28.4 Å². The first-order valence-corrected chi connectivity index (χ1v) is 4.56. The zero-order chi connectivity index (χ0) is 9.38. The van der Waals surface area contributed by atoms with Gasteiger partial charge in [0.2, 0.25) is 0 Å². The highest BCUT2D eigenvalue weighted by molar-refractivity contribution is 5.92. The standard InChI is InChI=1S/C12H8N2/c1-2-10-4-6-14-8-12(10)11-7-13-5-3-9(1)11/h1-5,7H,8H2. The highest BCUT2D eigenvalue weighted by Gasteiger charge is 2.06. The van der Waals surface area contributed by atoms with Crippen molar-refractivity contribution in [2.45, 2.75) is 6.54 Å². The summed E-state index contributed by atoms with van der Waals surface area (Å²) in [7, 11) is 0. The zero-order valence-corrected chi connectivity index (χ0v) is 7.57. The van der Waals surface area contributed by atoms with Crippen LogP contribution in [0.15, 0.2) is 35.6 Å². The Hall–Kier alpha value is -1.92. The summed E-state index contributed by atoms with van der Waals surface area (Å²) in [5, 5.41) is 2.43. The summed E-state index contributed by atoms with van der Waals surface area (Å²) in [6.45, 7) is 0.717. The molecule has 0 aliphatic carbocycles. The van der Waals surface area contributed by atoms with Gasteiger partial charge in [0.1, 0.15) is 0 Å². The van der Waals surface area contributed by atoms with Crippen molar-refractivity contribution in [3.8, 4) is 0 Å². The van der Waals surface area contributed by atoms with Crippen LogP contribution >= 0.6 is 0 Å². The molecule has 0 fully saturated rings. The lowest BCUT2D eigenvalue weighted by Crippen LogP contribution is -1.93. The average Bonchev–Trinajstić information content (AvgIpc) is 2.29. The van der Waals surface area contributed by atoms with E-state index < -0.39 is 0 Å². The number of aliphatic imine (C=N–C) groups is 1. The lowest BCUT2D eigenvalue weighted by Gasteiger charge is -2.08. The number of nitrogens with zero attached hydrogens (tertiary/aromatic N) is 2. The number of rotatable bonds is 0. The molecule has 1 aromatic carbocycles. The van der Waals surface area contributed by atoms with E-state index in [9.17, 15) is 0 Å². The molecule has 1 aromatic heterocycles. The van der Waals surface area contributed by atoms with Gasteiger partial charge in [0.05, 0.1) is 6.54 Å². The predicted molar refractivity (Wildman–Crippen MR) is 57.3 cm³/mol. The van der Waals surface area contributed by atoms with Gasteiger partial charge >= 0.3 is 0 Å². The normalized spacial score (nSPS) is 13.1. The quantitative estimate of drug-likeness (QED) is 0.611. The Morgan fingerprint density at radius 1 is 1.21 bits per heavy atom. The number of hydrogen-bond acceptors (Lipinski definition) is 2. The van der Waals surface area contributed by atoms with Gasteiger partial charge in [0, 0.05) is 23.9 Å². The van der Waals surface area contributed by atoms with Crippen LogP contribution in [0.1, 0.15) is 11.1 Å². The van der Waals surface area contributed by atoms with Crippen molar-refractivity contribution in [1.82, 2.24) is 4.98 Å². The monoisotopic (exact) mass is 180 g/mol. The van der Waals surface area contributed by atoms with E-state index in [0.717, 1.165) is 6.54 Å². The summed E-state index contributed by atoms with van der Waals surface area (Å²) in [5.74, 6) is 2.89. The van der Waals surface area contributed by atoms with Crippen molar-refractivity contribution in [3.05, 3.63) is 41.7 Å². The third-order valence-electron chi connectivity index (χ3n) is 2.52. The molecule has 0 amide bonds. The first-order chi connectivity index (χ1) is 6.95. The largest absolute Gasteiger partial charge is 0.264 e. The molecule has 0 unspecified atom stereocenters. The van der Waals surface area contributed by atoms with Crippen molar-refractivity contribution in [1.29, 1.82) is 0 Å². The van der Waals surface area contributed by atoms with E-state index in [2.05, 4.69) is 28.0 Å². The molecule has 1 aliphatic rings. The molecule has 3 rings (SSSR count). The third kappa shape index (κ3) is 0.983. The minimum atomic E-state index is 0.717. The van der Waals surface area contributed by atoms with Crippen LogP contribution in [0.3, 0.4) is 0 Å². The van der Waals surface area contributed by atoms with E-state index in [1.54, 1.807) is 0 Å².